The minimum atomic E-state index is 0.0559. The number of carbonyl (C=O) groups excluding carboxylic acids is 1. The van der Waals surface area contributed by atoms with E-state index in [1.54, 1.807) is 0 Å². The van der Waals surface area contributed by atoms with Gasteiger partial charge in [0.1, 0.15) is 0 Å². The van der Waals surface area contributed by atoms with E-state index in [1.165, 1.54) is 57.4 Å². The Kier molecular flexibility index (Phi) is 7.71. The lowest BCUT2D eigenvalue weighted by atomic mass is 9.99. The largest absolute Gasteiger partial charge is 0.352 e. The molecule has 2 heterocycles. The van der Waals surface area contributed by atoms with Gasteiger partial charge in [0.25, 0.3) is 5.91 Å². The number of amides is 1. The Hall–Kier alpha value is -1.39. The van der Waals surface area contributed by atoms with Crippen LogP contribution in [0.5, 0.6) is 0 Å². The zero-order valence-electron chi connectivity index (χ0n) is 17.3. The second kappa shape index (κ2) is 10.2. The number of hydrogen-bond acceptors (Lipinski definition) is 3. The van der Waals surface area contributed by atoms with E-state index in [9.17, 15) is 4.79 Å². The molecule has 150 valence electrons. The van der Waals surface area contributed by atoms with Gasteiger partial charge in [0.2, 0.25) is 0 Å². The third-order valence-electron chi connectivity index (χ3n) is 6.18. The molecule has 0 unspecified atom stereocenters. The van der Waals surface area contributed by atoms with E-state index in [0.717, 1.165) is 43.5 Å². The third kappa shape index (κ3) is 6.62. The first kappa shape index (κ1) is 20.3. The topological polar surface area (TPSA) is 35.6 Å². The first-order valence-electron chi connectivity index (χ1n) is 10.9. The number of piperidine rings is 2. The van der Waals surface area contributed by atoms with Crippen LogP contribution in [0.3, 0.4) is 0 Å². The zero-order chi connectivity index (χ0) is 19.1. The van der Waals surface area contributed by atoms with Gasteiger partial charge < -0.3 is 10.2 Å². The van der Waals surface area contributed by atoms with E-state index < -0.39 is 0 Å². The molecule has 0 saturated carbocycles. The second-order valence-electron chi connectivity index (χ2n) is 8.81. The standard InChI is InChI=1S/C23H37N3O/c1-19-10-15-25(16-11-19)14-4-12-24-23(27)22-8-6-21(7-9-22)18-26-13-3-5-20(2)17-26/h6-9,19-20H,3-5,10-18H2,1-2H3,(H,24,27)/t20-/m1/s1. The highest BCUT2D eigenvalue weighted by molar-refractivity contribution is 5.94. The van der Waals surface area contributed by atoms with Gasteiger partial charge in [0.15, 0.2) is 0 Å². The monoisotopic (exact) mass is 371 g/mol. The fraction of sp³-hybridized carbons (Fsp3) is 0.696. The van der Waals surface area contributed by atoms with Crippen molar-refractivity contribution in [1.82, 2.24) is 15.1 Å². The molecular weight excluding hydrogens is 334 g/mol. The van der Waals surface area contributed by atoms with E-state index in [1.807, 2.05) is 12.1 Å². The van der Waals surface area contributed by atoms with Crippen molar-refractivity contribution in [2.24, 2.45) is 11.8 Å². The minimum absolute atomic E-state index is 0.0559. The number of benzene rings is 1. The summed E-state index contributed by atoms with van der Waals surface area (Å²) in [6.07, 6.45) is 6.32. The summed E-state index contributed by atoms with van der Waals surface area (Å²) < 4.78 is 0. The van der Waals surface area contributed by atoms with Crippen LogP contribution in [-0.2, 0) is 6.54 Å². The fourth-order valence-corrected chi connectivity index (χ4v) is 4.34. The van der Waals surface area contributed by atoms with Gasteiger partial charge in [-0.3, -0.25) is 9.69 Å². The molecule has 2 saturated heterocycles. The SMILES string of the molecule is CC1CCN(CCCNC(=O)c2ccc(CN3CCC[C@@H](C)C3)cc2)CC1. The highest BCUT2D eigenvalue weighted by Crippen LogP contribution is 2.18. The summed E-state index contributed by atoms with van der Waals surface area (Å²) in [4.78, 5) is 17.4. The van der Waals surface area contributed by atoms with Gasteiger partial charge in [0, 0.05) is 25.2 Å². The summed E-state index contributed by atoms with van der Waals surface area (Å²) in [5, 5.41) is 3.08. The molecule has 1 aromatic carbocycles. The number of nitrogens with zero attached hydrogens (tertiary/aromatic N) is 2. The zero-order valence-corrected chi connectivity index (χ0v) is 17.3. The third-order valence-corrected chi connectivity index (χ3v) is 6.18. The van der Waals surface area contributed by atoms with Crippen LogP contribution in [0.25, 0.3) is 0 Å². The van der Waals surface area contributed by atoms with Crippen molar-refractivity contribution in [3.8, 4) is 0 Å². The van der Waals surface area contributed by atoms with Gasteiger partial charge in [0.05, 0.1) is 0 Å². The molecule has 1 amide bonds. The average molecular weight is 372 g/mol. The Balaban J connectivity index is 1.36. The molecule has 0 bridgehead atoms. The normalized spacial score (nSPS) is 22.7. The maximum atomic E-state index is 12.3. The van der Waals surface area contributed by atoms with Gasteiger partial charge in [-0.15, -0.1) is 0 Å². The molecule has 4 nitrogen and oxygen atoms in total. The summed E-state index contributed by atoms with van der Waals surface area (Å²) in [6, 6.07) is 8.18. The van der Waals surface area contributed by atoms with Crippen molar-refractivity contribution in [3.05, 3.63) is 35.4 Å². The average Bonchev–Trinajstić information content (AvgIpc) is 2.67. The summed E-state index contributed by atoms with van der Waals surface area (Å²) in [7, 11) is 0. The van der Waals surface area contributed by atoms with Gasteiger partial charge in [-0.1, -0.05) is 26.0 Å². The van der Waals surface area contributed by atoms with E-state index in [4.69, 9.17) is 0 Å². The molecule has 0 radical (unpaired) electrons. The molecule has 4 heteroatoms. The Bertz CT molecular complexity index is 578. The number of hydrogen-bond donors (Lipinski definition) is 1. The lowest BCUT2D eigenvalue weighted by molar-refractivity contribution is 0.0950. The fourth-order valence-electron chi connectivity index (χ4n) is 4.34. The molecule has 2 aliphatic rings. The molecule has 0 aliphatic carbocycles. The quantitative estimate of drug-likeness (QED) is 0.741. The molecule has 2 fully saturated rings. The van der Waals surface area contributed by atoms with E-state index in [-0.39, 0.29) is 5.91 Å². The first-order valence-corrected chi connectivity index (χ1v) is 10.9. The van der Waals surface area contributed by atoms with Gasteiger partial charge >= 0.3 is 0 Å². The highest BCUT2D eigenvalue weighted by Gasteiger charge is 2.17. The minimum Gasteiger partial charge on any atom is -0.352 e. The maximum absolute atomic E-state index is 12.3. The van der Waals surface area contributed by atoms with Gasteiger partial charge in [-0.05, 0) is 87.8 Å². The van der Waals surface area contributed by atoms with Crippen LogP contribution < -0.4 is 5.32 Å². The van der Waals surface area contributed by atoms with Crippen LogP contribution in [0, 0.1) is 11.8 Å². The highest BCUT2D eigenvalue weighted by atomic mass is 16.1. The van der Waals surface area contributed by atoms with Crippen LogP contribution in [0.15, 0.2) is 24.3 Å². The van der Waals surface area contributed by atoms with E-state index >= 15 is 0 Å². The molecule has 2 aliphatic heterocycles. The van der Waals surface area contributed by atoms with Crippen LogP contribution >= 0.6 is 0 Å². The lowest BCUT2D eigenvalue weighted by Crippen LogP contribution is -2.35. The van der Waals surface area contributed by atoms with E-state index in [0.29, 0.717) is 0 Å². The van der Waals surface area contributed by atoms with Crippen LogP contribution in [0.2, 0.25) is 0 Å². The Morgan fingerprint density at radius 1 is 1.00 bits per heavy atom. The first-order chi connectivity index (χ1) is 13.1. The number of likely N-dealkylation sites (tertiary alicyclic amines) is 2. The van der Waals surface area contributed by atoms with Gasteiger partial charge in [-0.2, -0.15) is 0 Å². The van der Waals surface area contributed by atoms with Gasteiger partial charge in [-0.25, -0.2) is 0 Å². The summed E-state index contributed by atoms with van der Waals surface area (Å²) >= 11 is 0. The molecule has 1 atom stereocenters. The number of rotatable bonds is 7. The molecule has 0 spiro atoms. The predicted molar refractivity (Wildman–Crippen MR) is 112 cm³/mol. The molecule has 1 N–H and O–H groups in total. The Morgan fingerprint density at radius 2 is 1.74 bits per heavy atom. The molecule has 0 aromatic heterocycles. The number of carbonyl (C=O) groups is 1. The molecule has 3 rings (SSSR count). The Morgan fingerprint density at radius 3 is 2.44 bits per heavy atom. The van der Waals surface area contributed by atoms with Crippen molar-refractivity contribution in [2.45, 2.75) is 52.5 Å². The van der Waals surface area contributed by atoms with Crippen LogP contribution in [0.1, 0.15) is 61.9 Å². The second-order valence-corrected chi connectivity index (χ2v) is 8.81. The smallest absolute Gasteiger partial charge is 0.251 e. The van der Waals surface area contributed by atoms with Crippen molar-refractivity contribution in [3.63, 3.8) is 0 Å². The summed E-state index contributed by atoms with van der Waals surface area (Å²) in [5.74, 6) is 1.74. The predicted octanol–water partition coefficient (Wildman–Crippen LogP) is 3.77. The van der Waals surface area contributed by atoms with Crippen LogP contribution in [0.4, 0.5) is 0 Å². The van der Waals surface area contributed by atoms with Crippen molar-refractivity contribution in [2.75, 3.05) is 39.3 Å². The maximum Gasteiger partial charge on any atom is 0.251 e. The van der Waals surface area contributed by atoms with E-state index in [2.05, 4.69) is 41.1 Å². The Labute approximate surface area is 165 Å². The molecule has 27 heavy (non-hydrogen) atoms. The molecular formula is C23H37N3O. The van der Waals surface area contributed by atoms with Crippen molar-refractivity contribution in [1.29, 1.82) is 0 Å². The number of nitrogens with one attached hydrogen (secondary N) is 1. The van der Waals surface area contributed by atoms with Crippen molar-refractivity contribution >= 4 is 5.91 Å². The molecule has 1 aromatic rings. The summed E-state index contributed by atoms with van der Waals surface area (Å²) in [5.41, 5.74) is 2.08. The van der Waals surface area contributed by atoms with Crippen LogP contribution in [-0.4, -0.2) is 55.0 Å². The van der Waals surface area contributed by atoms with Crippen molar-refractivity contribution < 1.29 is 4.79 Å². The lowest BCUT2D eigenvalue weighted by Gasteiger charge is -2.30. The summed E-state index contributed by atoms with van der Waals surface area (Å²) in [6.45, 7) is 12.4.